The molecule has 0 amide bonds. The molecule has 1 saturated carbocycles. The van der Waals surface area contributed by atoms with Crippen molar-refractivity contribution in [2.24, 2.45) is 0 Å². The topological polar surface area (TPSA) is 17.0 Å². The van der Waals surface area contributed by atoms with Crippen LogP contribution in [0.25, 0.3) is 10.9 Å². The van der Waals surface area contributed by atoms with Gasteiger partial charge in [-0.1, -0.05) is 31.7 Å². The molecule has 0 spiro atoms. The Hall–Kier alpha value is -1.28. The third kappa shape index (κ3) is 2.26. The van der Waals surface area contributed by atoms with E-state index in [0.29, 0.717) is 6.04 Å². The maximum Gasteiger partial charge on any atom is 0.0486 e. The van der Waals surface area contributed by atoms with Crippen molar-refractivity contribution in [1.82, 2.24) is 9.88 Å². The molecule has 2 aromatic rings. The van der Waals surface area contributed by atoms with Gasteiger partial charge in [0.1, 0.15) is 0 Å². The summed E-state index contributed by atoms with van der Waals surface area (Å²) in [7, 11) is 0. The number of hydrogen-bond donors (Lipinski definition) is 1. The second kappa shape index (κ2) is 5.66. The van der Waals surface area contributed by atoms with Gasteiger partial charge < -0.3 is 9.88 Å². The van der Waals surface area contributed by atoms with E-state index in [1.165, 1.54) is 63.3 Å². The maximum atomic E-state index is 3.74. The van der Waals surface area contributed by atoms with Gasteiger partial charge in [-0.2, -0.15) is 0 Å². The molecular formula is C21H28N2. The van der Waals surface area contributed by atoms with Crippen molar-refractivity contribution < 1.29 is 0 Å². The van der Waals surface area contributed by atoms with Crippen molar-refractivity contribution in [2.75, 3.05) is 6.54 Å². The summed E-state index contributed by atoms with van der Waals surface area (Å²) in [5, 5.41) is 5.32. The summed E-state index contributed by atoms with van der Waals surface area (Å²) in [6.45, 7) is 2.27. The minimum absolute atomic E-state index is 0.612. The molecule has 122 valence electrons. The van der Waals surface area contributed by atoms with Gasteiger partial charge in [0.25, 0.3) is 0 Å². The predicted octanol–water partition coefficient (Wildman–Crippen LogP) is 5.06. The van der Waals surface area contributed by atoms with Gasteiger partial charge >= 0.3 is 0 Å². The zero-order valence-corrected chi connectivity index (χ0v) is 14.1. The second-order valence-corrected chi connectivity index (χ2v) is 7.88. The van der Waals surface area contributed by atoms with Crippen molar-refractivity contribution in [3.63, 3.8) is 0 Å². The van der Waals surface area contributed by atoms with E-state index in [9.17, 15) is 0 Å². The third-order valence-corrected chi connectivity index (χ3v) is 6.54. The smallest absolute Gasteiger partial charge is 0.0486 e. The van der Waals surface area contributed by atoms with Gasteiger partial charge in [-0.25, -0.2) is 0 Å². The number of benzene rings is 1. The Morgan fingerprint density at radius 1 is 0.957 bits per heavy atom. The zero-order valence-electron chi connectivity index (χ0n) is 14.1. The van der Waals surface area contributed by atoms with E-state index in [2.05, 4.69) is 28.1 Å². The number of nitrogens with one attached hydrogen (secondary N) is 1. The molecule has 1 N–H and O–H groups in total. The lowest BCUT2D eigenvalue weighted by molar-refractivity contribution is 0.384. The van der Waals surface area contributed by atoms with Crippen LogP contribution in [0.4, 0.5) is 0 Å². The summed E-state index contributed by atoms with van der Waals surface area (Å²) in [5.74, 6) is 0.809. The number of rotatable bonds is 1. The van der Waals surface area contributed by atoms with Crippen LogP contribution in [0, 0.1) is 0 Å². The Kier molecular flexibility index (Phi) is 3.47. The number of aromatic nitrogens is 1. The first-order chi connectivity index (χ1) is 11.4. The van der Waals surface area contributed by atoms with Crippen LogP contribution in [0.15, 0.2) is 18.2 Å². The Balaban J connectivity index is 1.63. The van der Waals surface area contributed by atoms with Crippen LogP contribution < -0.4 is 5.32 Å². The molecule has 2 heteroatoms. The monoisotopic (exact) mass is 308 g/mol. The number of hydrogen-bond acceptors (Lipinski definition) is 1. The molecule has 3 aliphatic rings. The number of aryl methyl sites for hydroxylation is 1. The highest BCUT2D eigenvalue weighted by Gasteiger charge is 2.30. The molecule has 1 unspecified atom stereocenters. The molecular weight excluding hydrogens is 280 g/mol. The quantitative estimate of drug-likeness (QED) is 0.729. The van der Waals surface area contributed by atoms with E-state index in [1.807, 2.05) is 0 Å². The van der Waals surface area contributed by atoms with E-state index < -0.39 is 0 Å². The van der Waals surface area contributed by atoms with Gasteiger partial charge in [0.15, 0.2) is 0 Å². The molecule has 1 atom stereocenters. The summed E-state index contributed by atoms with van der Waals surface area (Å²) in [4.78, 5) is 0. The number of fused-ring (bicyclic) bond motifs is 3. The third-order valence-electron chi connectivity index (χ3n) is 6.54. The van der Waals surface area contributed by atoms with E-state index >= 15 is 0 Å². The fourth-order valence-corrected chi connectivity index (χ4v) is 5.40. The molecule has 1 fully saturated rings. The van der Waals surface area contributed by atoms with Gasteiger partial charge in [0.05, 0.1) is 0 Å². The highest BCUT2D eigenvalue weighted by Crippen LogP contribution is 2.41. The minimum atomic E-state index is 0.612. The Labute approximate surface area is 139 Å². The Morgan fingerprint density at radius 3 is 2.70 bits per heavy atom. The Morgan fingerprint density at radius 2 is 1.83 bits per heavy atom. The van der Waals surface area contributed by atoms with Gasteiger partial charge in [-0.05, 0) is 61.3 Å². The molecule has 23 heavy (non-hydrogen) atoms. The maximum absolute atomic E-state index is 3.74. The lowest BCUT2D eigenvalue weighted by Gasteiger charge is -2.31. The largest absolute Gasteiger partial charge is 0.342 e. The summed E-state index contributed by atoms with van der Waals surface area (Å²) < 4.78 is 2.63. The molecule has 1 aliphatic heterocycles. The van der Waals surface area contributed by atoms with Gasteiger partial charge in [0, 0.05) is 35.7 Å². The SMILES string of the molecule is c1cc2c(cc1C1CCCCCC1)c1c3n2CCNC3CCC1. The second-order valence-electron chi connectivity index (χ2n) is 7.88. The van der Waals surface area contributed by atoms with Gasteiger partial charge in [-0.3, -0.25) is 0 Å². The first-order valence-electron chi connectivity index (χ1n) is 9.80. The molecule has 0 bridgehead atoms. The van der Waals surface area contributed by atoms with E-state index in [4.69, 9.17) is 0 Å². The average Bonchev–Trinajstić information content (AvgIpc) is 2.78. The lowest BCUT2D eigenvalue weighted by atomic mass is 9.88. The molecule has 2 aliphatic carbocycles. The van der Waals surface area contributed by atoms with E-state index in [-0.39, 0.29) is 0 Å². The van der Waals surface area contributed by atoms with Crippen LogP contribution in [-0.2, 0) is 13.0 Å². The normalized spacial score (nSPS) is 25.3. The van der Waals surface area contributed by atoms with Crippen molar-refractivity contribution in [1.29, 1.82) is 0 Å². The van der Waals surface area contributed by atoms with Crippen molar-refractivity contribution in [3.05, 3.63) is 35.0 Å². The highest BCUT2D eigenvalue weighted by molar-refractivity contribution is 5.87. The molecule has 1 aromatic heterocycles. The van der Waals surface area contributed by atoms with Crippen molar-refractivity contribution in [3.8, 4) is 0 Å². The zero-order chi connectivity index (χ0) is 15.2. The van der Waals surface area contributed by atoms with Gasteiger partial charge in [0.2, 0.25) is 0 Å². The molecule has 0 saturated heterocycles. The summed E-state index contributed by atoms with van der Waals surface area (Å²) in [6.07, 6.45) is 12.5. The predicted molar refractivity (Wildman–Crippen MR) is 96.1 cm³/mol. The van der Waals surface area contributed by atoms with Crippen LogP contribution in [-0.4, -0.2) is 11.1 Å². The summed E-state index contributed by atoms with van der Waals surface area (Å²) >= 11 is 0. The fraction of sp³-hybridized carbons (Fsp3) is 0.619. The molecule has 2 heterocycles. The average molecular weight is 308 g/mol. The minimum Gasteiger partial charge on any atom is -0.342 e. The lowest BCUT2D eigenvalue weighted by Crippen LogP contribution is -2.35. The van der Waals surface area contributed by atoms with Crippen LogP contribution in [0.2, 0.25) is 0 Å². The molecule has 0 radical (unpaired) electrons. The first-order valence-corrected chi connectivity index (χ1v) is 9.80. The fourth-order valence-electron chi connectivity index (χ4n) is 5.40. The molecule has 2 nitrogen and oxygen atoms in total. The Bertz CT molecular complexity index is 717. The first kappa shape index (κ1) is 14.1. The van der Waals surface area contributed by atoms with Crippen LogP contribution in [0.5, 0.6) is 0 Å². The summed E-state index contributed by atoms with van der Waals surface area (Å²) in [5.41, 5.74) is 6.41. The molecule has 1 aromatic carbocycles. The van der Waals surface area contributed by atoms with Crippen LogP contribution >= 0.6 is 0 Å². The van der Waals surface area contributed by atoms with Crippen molar-refractivity contribution >= 4 is 10.9 Å². The highest BCUT2D eigenvalue weighted by atomic mass is 15.1. The van der Waals surface area contributed by atoms with Crippen LogP contribution in [0.3, 0.4) is 0 Å². The van der Waals surface area contributed by atoms with Crippen molar-refractivity contribution in [2.45, 2.75) is 76.3 Å². The number of nitrogens with zero attached hydrogens (tertiary/aromatic N) is 1. The molecule has 5 rings (SSSR count). The standard InChI is InChI=1S/C21H28N2/c1-2-4-7-15(6-3-1)16-10-11-20-18(14-16)17-8-5-9-19-21(17)23(20)13-12-22-19/h10-11,14-15,19,22H,1-9,12-13H2. The summed E-state index contributed by atoms with van der Waals surface area (Å²) in [6, 6.07) is 8.08. The van der Waals surface area contributed by atoms with E-state index in [1.54, 1.807) is 22.2 Å². The van der Waals surface area contributed by atoms with E-state index in [0.717, 1.165) is 19.0 Å². The van der Waals surface area contributed by atoms with Crippen LogP contribution in [0.1, 0.15) is 80.1 Å². The van der Waals surface area contributed by atoms with Gasteiger partial charge in [-0.15, -0.1) is 0 Å².